The van der Waals surface area contributed by atoms with Gasteiger partial charge < -0.3 is 9.64 Å². The first kappa shape index (κ1) is 18.0. The zero-order valence-corrected chi connectivity index (χ0v) is 16.7. The van der Waals surface area contributed by atoms with Gasteiger partial charge in [-0.25, -0.2) is 4.98 Å². The molecule has 0 unspecified atom stereocenters. The van der Waals surface area contributed by atoms with Gasteiger partial charge in [-0.05, 0) is 49.4 Å². The molecule has 142 valence electrons. The van der Waals surface area contributed by atoms with E-state index >= 15 is 0 Å². The summed E-state index contributed by atoms with van der Waals surface area (Å²) in [5, 5.41) is 2.12. The lowest BCUT2D eigenvalue weighted by Crippen LogP contribution is -2.38. The highest BCUT2D eigenvalue weighted by Crippen LogP contribution is 2.26. The fraction of sp³-hybridized carbons (Fsp3) is 0.429. The number of rotatable bonds is 5. The van der Waals surface area contributed by atoms with Gasteiger partial charge in [-0.1, -0.05) is 6.92 Å². The molecule has 0 saturated carbocycles. The maximum Gasteiger partial charge on any atom is 0.222 e. The molecule has 0 spiro atoms. The van der Waals surface area contributed by atoms with E-state index in [1.54, 1.807) is 18.4 Å². The van der Waals surface area contributed by atoms with Crippen molar-refractivity contribution in [3.63, 3.8) is 0 Å². The highest BCUT2D eigenvalue weighted by Gasteiger charge is 2.20. The average molecular weight is 384 g/mol. The minimum atomic E-state index is 0.275. The number of carbonyl (C=O) groups is 1. The highest BCUT2D eigenvalue weighted by atomic mass is 32.1. The molecule has 3 heterocycles. The summed E-state index contributed by atoms with van der Waals surface area (Å²) in [7, 11) is 1.67. The van der Waals surface area contributed by atoms with Gasteiger partial charge in [-0.15, -0.1) is 11.3 Å². The third-order valence-electron chi connectivity index (χ3n) is 5.40. The van der Waals surface area contributed by atoms with Gasteiger partial charge in [0.25, 0.3) is 0 Å². The van der Waals surface area contributed by atoms with Crippen molar-refractivity contribution in [2.24, 2.45) is 5.92 Å². The molecule has 0 N–H and O–H groups in total. The second kappa shape index (κ2) is 7.72. The van der Waals surface area contributed by atoms with Crippen molar-refractivity contribution in [3.8, 4) is 17.0 Å². The largest absolute Gasteiger partial charge is 0.497 e. The Morgan fingerprint density at radius 1 is 1.26 bits per heavy atom. The summed E-state index contributed by atoms with van der Waals surface area (Å²) in [6.07, 6.45) is 5.64. The summed E-state index contributed by atoms with van der Waals surface area (Å²) in [5.41, 5.74) is 3.17. The maximum absolute atomic E-state index is 12.5. The fourth-order valence-electron chi connectivity index (χ4n) is 3.56. The zero-order valence-electron chi connectivity index (χ0n) is 15.9. The van der Waals surface area contributed by atoms with Crippen LogP contribution < -0.4 is 4.74 Å². The number of ether oxygens (including phenoxy) is 1. The summed E-state index contributed by atoms with van der Waals surface area (Å²) in [6, 6.07) is 7.93. The molecule has 0 radical (unpaired) electrons. The predicted octanol–water partition coefficient (Wildman–Crippen LogP) is 4.26. The minimum Gasteiger partial charge on any atom is -0.497 e. The molecule has 5 nitrogen and oxygen atoms in total. The molecule has 1 aliphatic rings. The van der Waals surface area contributed by atoms with Crippen LogP contribution in [0.25, 0.3) is 16.2 Å². The topological polar surface area (TPSA) is 46.8 Å². The van der Waals surface area contributed by atoms with Crippen molar-refractivity contribution < 1.29 is 9.53 Å². The van der Waals surface area contributed by atoms with Crippen LogP contribution in [0.3, 0.4) is 0 Å². The molecule has 0 atom stereocenters. The van der Waals surface area contributed by atoms with E-state index in [2.05, 4.69) is 22.9 Å². The number of carbonyl (C=O) groups excluding carboxylic acids is 1. The number of aryl methyl sites for hydroxylation is 1. The Labute approximate surface area is 163 Å². The molecule has 6 heteroatoms. The van der Waals surface area contributed by atoms with E-state index in [-0.39, 0.29) is 5.91 Å². The summed E-state index contributed by atoms with van der Waals surface area (Å²) < 4.78 is 7.34. The molecular formula is C21H25N3O2S. The third kappa shape index (κ3) is 3.86. The molecular weight excluding hydrogens is 358 g/mol. The smallest absolute Gasteiger partial charge is 0.222 e. The van der Waals surface area contributed by atoms with Crippen LogP contribution in [0, 0.1) is 5.92 Å². The number of methoxy groups -OCH3 is 1. The Morgan fingerprint density at radius 3 is 2.70 bits per heavy atom. The van der Waals surface area contributed by atoms with Gasteiger partial charge in [0.05, 0.1) is 12.8 Å². The number of aromatic nitrogens is 2. The van der Waals surface area contributed by atoms with Crippen molar-refractivity contribution in [1.29, 1.82) is 0 Å². The molecule has 1 fully saturated rings. The van der Waals surface area contributed by atoms with Crippen LogP contribution in [-0.4, -0.2) is 40.4 Å². The maximum atomic E-state index is 12.5. The van der Waals surface area contributed by atoms with E-state index in [9.17, 15) is 4.79 Å². The van der Waals surface area contributed by atoms with E-state index in [0.717, 1.165) is 65.9 Å². The predicted molar refractivity (Wildman–Crippen MR) is 108 cm³/mol. The lowest BCUT2D eigenvalue weighted by molar-refractivity contribution is -0.132. The van der Waals surface area contributed by atoms with Crippen molar-refractivity contribution in [2.75, 3.05) is 20.2 Å². The number of likely N-dealkylation sites (tertiary alicyclic amines) is 1. The molecule has 0 aliphatic carbocycles. The molecule has 1 amide bonds. The Hall–Kier alpha value is -2.34. The third-order valence-corrected chi connectivity index (χ3v) is 6.29. The first-order valence-electron chi connectivity index (χ1n) is 9.51. The van der Waals surface area contributed by atoms with Crippen LogP contribution in [0.1, 0.15) is 31.9 Å². The van der Waals surface area contributed by atoms with Crippen LogP contribution in [0.15, 0.2) is 35.8 Å². The highest BCUT2D eigenvalue weighted by molar-refractivity contribution is 7.15. The summed E-state index contributed by atoms with van der Waals surface area (Å²) in [5.74, 6) is 1.86. The Kier molecular flexibility index (Phi) is 5.16. The zero-order chi connectivity index (χ0) is 18.8. The van der Waals surface area contributed by atoms with Gasteiger partial charge in [0, 0.05) is 42.3 Å². The van der Waals surface area contributed by atoms with Gasteiger partial charge >= 0.3 is 0 Å². The number of fused-ring (bicyclic) bond motifs is 1. The number of piperidine rings is 1. The second-order valence-electron chi connectivity index (χ2n) is 7.30. The van der Waals surface area contributed by atoms with E-state index in [0.29, 0.717) is 6.42 Å². The molecule has 0 bridgehead atoms. The van der Waals surface area contributed by atoms with Crippen LogP contribution in [0.5, 0.6) is 5.75 Å². The Balaban J connectivity index is 1.45. The number of thiazole rings is 1. The normalized spacial score (nSPS) is 15.4. The van der Waals surface area contributed by atoms with E-state index < -0.39 is 0 Å². The van der Waals surface area contributed by atoms with E-state index in [1.807, 2.05) is 29.2 Å². The second-order valence-corrected chi connectivity index (χ2v) is 8.13. The molecule has 1 aromatic carbocycles. The molecule has 1 aliphatic heterocycles. The van der Waals surface area contributed by atoms with Crippen molar-refractivity contribution >= 4 is 22.2 Å². The van der Waals surface area contributed by atoms with Crippen LogP contribution >= 0.6 is 11.3 Å². The van der Waals surface area contributed by atoms with Gasteiger partial charge in [-0.2, -0.15) is 0 Å². The lowest BCUT2D eigenvalue weighted by atomic mass is 9.99. The van der Waals surface area contributed by atoms with Crippen molar-refractivity contribution in [2.45, 2.75) is 32.6 Å². The van der Waals surface area contributed by atoms with Gasteiger partial charge in [0.2, 0.25) is 5.91 Å². The SMILES string of the molecule is COc1ccc(-c2cn3c(CCC(=O)N4CCC(C)CC4)csc3n2)cc1. The Morgan fingerprint density at radius 2 is 2.00 bits per heavy atom. The van der Waals surface area contributed by atoms with E-state index in [1.165, 1.54) is 0 Å². The van der Waals surface area contributed by atoms with Crippen LogP contribution in [0.4, 0.5) is 0 Å². The van der Waals surface area contributed by atoms with Crippen LogP contribution in [0.2, 0.25) is 0 Å². The molecule has 2 aromatic heterocycles. The van der Waals surface area contributed by atoms with Gasteiger partial charge in [0.15, 0.2) is 4.96 Å². The average Bonchev–Trinajstić information content (AvgIpc) is 3.28. The summed E-state index contributed by atoms with van der Waals surface area (Å²) in [6.45, 7) is 4.08. The minimum absolute atomic E-state index is 0.275. The number of benzene rings is 1. The number of amides is 1. The number of imidazole rings is 1. The number of nitrogens with zero attached hydrogens (tertiary/aromatic N) is 3. The standard InChI is InChI=1S/C21H25N3O2S/c1-15-9-11-23(12-10-15)20(25)8-5-17-14-27-21-22-19(13-24(17)21)16-3-6-18(26-2)7-4-16/h3-4,6-7,13-15H,5,8-12H2,1-2H3. The molecule has 3 aromatic rings. The van der Waals surface area contributed by atoms with Crippen molar-refractivity contribution in [3.05, 3.63) is 41.5 Å². The Bertz CT molecular complexity index is 921. The first-order valence-corrected chi connectivity index (χ1v) is 10.4. The van der Waals surface area contributed by atoms with Gasteiger partial charge in [-0.3, -0.25) is 9.20 Å². The lowest BCUT2D eigenvalue weighted by Gasteiger charge is -2.30. The van der Waals surface area contributed by atoms with Gasteiger partial charge in [0.1, 0.15) is 5.75 Å². The molecule has 4 rings (SSSR count). The van der Waals surface area contributed by atoms with Crippen LogP contribution in [-0.2, 0) is 11.2 Å². The summed E-state index contributed by atoms with van der Waals surface area (Å²) in [4.78, 5) is 20.2. The quantitative estimate of drug-likeness (QED) is 0.661. The monoisotopic (exact) mass is 383 g/mol. The summed E-state index contributed by atoms with van der Waals surface area (Å²) >= 11 is 1.63. The van der Waals surface area contributed by atoms with E-state index in [4.69, 9.17) is 9.72 Å². The molecule has 27 heavy (non-hydrogen) atoms. The number of hydrogen-bond donors (Lipinski definition) is 0. The fourth-order valence-corrected chi connectivity index (χ4v) is 4.47. The first-order chi connectivity index (χ1) is 13.1. The van der Waals surface area contributed by atoms with Crippen molar-refractivity contribution in [1.82, 2.24) is 14.3 Å². The molecule has 1 saturated heterocycles. The number of hydrogen-bond acceptors (Lipinski definition) is 4.